The van der Waals surface area contributed by atoms with Crippen LogP contribution in [0.15, 0.2) is 24.3 Å². The van der Waals surface area contributed by atoms with Crippen LogP contribution >= 0.6 is 0 Å². The van der Waals surface area contributed by atoms with Crippen molar-refractivity contribution < 1.29 is 4.79 Å². The maximum absolute atomic E-state index is 12.3. The number of aromatic nitrogens is 3. The summed E-state index contributed by atoms with van der Waals surface area (Å²) >= 11 is 0. The minimum atomic E-state index is 0.102. The lowest BCUT2D eigenvalue weighted by molar-refractivity contribution is -0.120. The Labute approximate surface area is 135 Å². The molecule has 0 radical (unpaired) electrons. The minimum Gasteiger partial charge on any atom is -0.326 e. The van der Waals surface area contributed by atoms with Crippen molar-refractivity contribution in [3.8, 4) is 11.4 Å². The quantitative estimate of drug-likeness (QED) is 0.809. The molecule has 0 spiro atoms. The topological polar surface area (TPSA) is 82.7 Å². The van der Waals surface area contributed by atoms with Gasteiger partial charge in [-0.05, 0) is 50.9 Å². The number of piperidine rings is 1. The number of H-pyrrole nitrogens is 1. The first-order valence-corrected chi connectivity index (χ1v) is 8.34. The van der Waals surface area contributed by atoms with Crippen LogP contribution in [0.3, 0.4) is 0 Å². The molecular weight excluding hydrogens is 290 g/mol. The van der Waals surface area contributed by atoms with E-state index in [4.69, 9.17) is 0 Å². The van der Waals surface area contributed by atoms with Gasteiger partial charge in [-0.15, -0.1) is 0 Å². The third-order valence-corrected chi connectivity index (χ3v) is 4.57. The van der Waals surface area contributed by atoms with E-state index in [2.05, 4.69) is 25.8 Å². The maximum atomic E-state index is 12.3. The number of hydrogen-bond acceptors (Lipinski definition) is 4. The van der Waals surface area contributed by atoms with Crippen LogP contribution in [-0.4, -0.2) is 34.2 Å². The second kappa shape index (κ2) is 6.12. The van der Waals surface area contributed by atoms with Crippen LogP contribution in [0.1, 0.15) is 37.4 Å². The van der Waals surface area contributed by atoms with Gasteiger partial charge in [0.2, 0.25) is 5.91 Å². The molecule has 1 saturated carbocycles. The van der Waals surface area contributed by atoms with Gasteiger partial charge in [0.15, 0.2) is 5.82 Å². The van der Waals surface area contributed by atoms with E-state index in [1.807, 2.05) is 24.3 Å². The number of benzene rings is 1. The van der Waals surface area contributed by atoms with E-state index < -0.39 is 0 Å². The highest BCUT2D eigenvalue weighted by molar-refractivity contribution is 5.93. The smallest absolute Gasteiger partial charge is 0.227 e. The summed E-state index contributed by atoms with van der Waals surface area (Å²) in [6.45, 7) is 1.83. The molecule has 120 valence electrons. The fraction of sp³-hybridized carbons (Fsp3) is 0.471. The summed E-state index contributed by atoms with van der Waals surface area (Å²) in [6, 6.07) is 7.76. The average Bonchev–Trinajstić information content (AvgIpc) is 3.33. The molecule has 1 aromatic heterocycles. The molecule has 2 aliphatic rings. The molecule has 23 heavy (non-hydrogen) atoms. The number of amides is 1. The maximum Gasteiger partial charge on any atom is 0.227 e. The Hall–Kier alpha value is -2.21. The van der Waals surface area contributed by atoms with Gasteiger partial charge in [0.25, 0.3) is 0 Å². The van der Waals surface area contributed by atoms with Crippen molar-refractivity contribution in [1.29, 1.82) is 0 Å². The minimum absolute atomic E-state index is 0.102. The predicted octanol–water partition coefficient (Wildman–Crippen LogP) is 2.29. The molecule has 1 amide bonds. The van der Waals surface area contributed by atoms with Crippen LogP contribution in [0.5, 0.6) is 0 Å². The van der Waals surface area contributed by atoms with Crippen molar-refractivity contribution in [2.75, 3.05) is 18.4 Å². The van der Waals surface area contributed by atoms with E-state index in [0.717, 1.165) is 43.0 Å². The first-order chi connectivity index (χ1) is 11.3. The van der Waals surface area contributed by atoms with Crippen molar-refractivity contribution in [1.82, 2.24) is 20.5 Å². The van der Waals surface area contributed by atoms with Gasteiger partial charge in [-0.25, -0.2) is 4.98 Å². The predicted molar refractivity (Wildman–Crippen MR) is 88.0 cm³/mol. The number of nitrogens with zero attached hydrogens (tertiary/aromatic N) is 2. The van der Waals surface area contributed by atoms with Gasteiger partial charge in [-0.1, -0.05) is 12.1 Å². The van der Waals surface area contributed by atoms with E-state index in [1.54, 1.807) is 0 Å². The molecule has 6 heteroatoms. The zero-order valence-electron chi connectivity index (χ0n) is 13.0. The number of carbonyl (C=O) groups is 1. The molecule has 1 aliphatic heterocycles. The fourth-order valence-corrected chi connectivity index (χ4v) is 3.01. The van der Waals surface area contributed by atoms with Gasteiger partial charge in [0.05, 0.1) is 0 Å². The van der Waals surface area contributed by atoms with E-state index in [9.17, 15) is 4.79 Å². The largest absolute Gasteiger partial charge is 0.326 e. The molecule has 0 unspecified atom stereocenters. The number of rotatable bonds is 4. The number of hydrogen-bond donors (Lipinski definition) is 3. The third-order valence-electron chi connectivity index (χ3n) is 4.57. The standard InChI is InChI=1S/C17H21N5O/c23-17(12-6-8-18-9-7-12)19-14-3-1-2-13(10-14)16-20-15(21-22-16)11-4-5-11/h1-3,10-12,18H,4-9H2,(H,19,23)(H,20,21,22). The summed E-state index contributed by atoms with van der Waals surface area (Å²) in [5, 5.41) is 13.6. The van der Waals surface area contributed by atoms with Crippen molar-refractivity contribution in [3.05, 3.63) is 30.1 Å². The first kappa shape index (κ1) is 14.4. The van der Waals surface area contributed by atoms with Crippen LogP contribution in [0.4, 0.5) is 5.69 Å². The lowest BCUT2D eigenvalue weighted by Gasteiger charge is -2.21. The molecule has 3 N–H and O–H groups in total. The SMILES string of the molecule is O=C(Nc1cccc(-c2n[nH]c(C3CC3)n2)c1)C1CCNCC1. The molecular formula is C17H21N5O. The highest BCUT2D eigenvalue weighted by Gasteiger charge is 2.27. The first-order valence-electron chi connectivity index (χ1n) is 8.34. The molecule has 4 rings (SSSR count). The monoisotopic (exact) mass is 311 g/mol. The molecule has 2 heterocycles. The molecule has 2 aromatic rings. The Morgan fingerprint density at radius 1 is 1.17 bits per heavy atom. The molecule has 1 saturated heterocycles. The Kier molecular flexibility index (Phi) is 3.83. The van der Waals surface area contributed by atoms with Crippen LogP contribution < -0.4 is 10.6 Å². The van der Waals surface area contributed by atoms with Crippen LogP contribution in [-0.2, 0) is 4.79 Å². The van der Waals surface area contributed by atoms with Gasteiger partial charge in [-0.3, -0.25) is 9.89 Å². The van der Waals surface area contributed by atoms with Gasteiger partial charge in [0, 0.05) is 23.1 Å². The van der Waals surface area contributed by atoms with Gasteiger partial charge >= 0.3 is 0 Å². The molecule has 1 aromatic carbocycles. The van der Waals surface area contributed by atoms with Crippen molar-refractivity contribution in [2.45, 2.75) is 31.6 Å². The summed E-state index contributed by atoms with van der Waals surface area (Å²) in [5.41, 5.74) is 1.74. The molecule has 6 nitrogen and oxygen atoms in total. The summed E-state index contributed by atoms with van der Waals surface area (Å²) in [7, 11) is 0. The third kappa shape index (κ3) is 3.27. The summed E-state index contributed by atoms with van der Waals surface area (Å²) in [6.07, 6.45) is 4.19. The molecule has 1 aliphatic carbocycles. The van der Waals surface area contributed by atoms with Crippen LogP contribution in [0, 0.1) is 5.92 Å². The van der Waals surface area contributed by atoms with Gasteiger partial charge in [-0.2, -0.15) is 5.10 Å². The molecule has 2 fully saturated rings. The normalized spacial score (nSPS) is 18.8. The van der Waals surface area contributed by atoms with Gasteiger partial charge in [0.1, 0.15) is 5.82 Å². The Morgan fingerprint density at radius 3 is 2.78 bits per heavy atom. The van der Waals surface area contributed by atoms with Crippen molar-refractivity contribution in [3.63, 3.8) is 0 Å². The number of nitrogens with one attached hydrogen (secondary N) is 3. The van der Waals surface area contributed by atoms with E-state index >= 15 is 0 Å². The average molecular weight is 311 g/mol. The highest BCUT2D eigenvalue weighted by Crippen LogP contribution is 2.38. The van der Waals surface area contributed by atoms with Crippen molar-refractivity contribution >= 4 is 11.6 Å². The Bertz CT molecular complexity index is 701. The number of carbonyl (C=O) groups excluding carboxylic acids is 1. The van der Waals surface area contributed by atoms with E-state index in [0.29, 0.717) is 11.7 Å². The Balaban J connectivity index is 1.47. The van der Waals surface area contributed by atoms with Crippen LogP contribution in [0.25, 0.3) is 11.4 Å². The zero-order valence-corrected chi connectivity index (χ0v) is 13.0. The summed E-state index contributed by atoms with van der Waals surface area (Å²) in [4.78, 5) is 16.9. The molecule has 0 bridgehead atoms. The van der Waals surface area contributed by atoms with Crippen molar-refractivity contribution in [2.24, 2.45) is 5.92 Å². The second-order valence-electron chi connectivity index (χ2n) is 6.41. The highest BCUT2D eigenvalue weighted by atomic mass is 16.1. The summed E-state index contributed by atoms with van der Waals surface area (Å²) in [5.74, 6) is 2.44. The zero-order chi connectivity index (χ0) is 15.6. The summed E-state index contributed by atoms with van der Waals surface area (Å²) < 4.78 is 0. The second-order valence-corrected chi connectivity index (χ2v) is 6.41. The molecule has 0 atom stereocenters. The number of anilines is 1. The lowest BCUT2D eigenvalue weighted by atomic mass is 9.97. The Morgan fingerprint density at radius 2 is 2.00 bits per heavy atom. The van der Waals surface area contributed by atoms with E-state index in [-0.39, 0.29) is 11.8 Å². The number of aromatic amines is 1. The van der Waals surface area contributed by atoms with Crippen LogP contribution in [0.2, 0.25) is 0 Å². The van der Waals surface area contributed by atoms with E-state index in [1.165, 1.54) is 12.8 Å². The fourth-order valence-electron chi connectivity index (χ4n) is 3.01. The van der Waals surface area contributed by atoms with Gasteiger partial charge < -0.3 is 10.6 Å². The lowest BCUT2D eigenvalue weighted by Crippen LogP contribution is -2.34.